The van der Waals surface area contributed by atoms with Crippen LogP contribution in [0.25, 0.3) is 10.6 Å². The van der Waals surface area contributed by atoms with Crippen molar-refractivity contribution in [3.05, 3.63) is 47.2 Å². The molecule has 1 aliphatic rings. The Morgan fingerprint density at radius 3 is 2.82 bits per heavy atom. The van der Waals surface area contributed by atoms with Crippen molar-refractivity contribution in [2.24, 2.45) is 0 Å². The van der Waals surface area contributed by atoms with Gasteiger partial charge in [0.25, 0.3) is 0 Å². The maximum Gasteiger partial charge on any atom is 0.223 e. The number of anilines is 3. The van der Waals surface area contributed by atoms with Crippen molar-refractivity contribution in [3.8, 4) is 10.6 Å². The molecular formula is C23H26BrN7O2S. The quantitative estimate of drug-likeness (QED) is 0.310. The molecule has 3 aromatic rings. The lowest BCUT2D eigenvalue weighted by molar-refractivity contribution is -0.132. The van der Waals surface area contributed by atoms with Gasteiger partial charge in [-0.1, -0.05) is 29.5 Å². The van der Waals surface area contributed by atoms with Crippen LogP contribution in [-0.4, -0.2) is 70.3 Å². The van der Waals surface area contributed by atoms with E-state index >= 15 is 0 Å². The molecule has 0 saturated carbocycles. The highest BCUT2D eigenvalue weighted by atomic mass is 79.9. The summed E-state index contributed by atoms with van der Waals surface area (Å²) in [6.45, 7) is 5.69. The second kappa shape index (κ2) is 10.3. The summed E-state index contributed by atoms with van der Waals surface area (Å²) >= 11 is 5.11. The standard InChI is InChI=1S/C23H26BrN7O2S/c1-23(2)20(17(33)13-32)28-14-31(23)10-9-25-21-26-11-16(24)19(29-21)18-12-27-22(34-18)30(3)15-7-5-4-6-8-15/h4-8,11-13,20,28H,9-10,14H2,1-3H3,(H,25,26,29). The predicted octanol–water partition coefficient (Wildman–Crippen LogP) is 3.32. The number of rotatable bonds is 9. The van der Waals surface area contributed by atoms with Crippen LogP contribution >= 0.6 is 27.3 Å². The molecule has 1 atom stereocenters. The fourth-order valence-electron chi connectivity index (χ4n) is 3.94. The smallest absolute Gasteiger partial charge is 0.223 e. The number of nitrogens with one attached hydrogen (secondary N) is 2. The van der Waals surface area contributed by atoms with Crippen molar-refractivity contribution in [1.29, 1.82) is 0 Å². The molecule has 1 unspecified atom stereocenters. The van der Waals surface area contributed by atoms with Gasteiger partial charge in [-0.25, -0.2) is 15.0 Å². The van der Waals surface area contributed by atoms with E-state index in [-0.39, 0.29) is 0 Å². The number of ketones is 1. The highest BCUT2D eigenvalue weighted by Crippen LogP contribution is 2.36. The lowest BCUT2D eigenvalue weighted by Crippen LogP contribution is -2.51. The Labute approximate surface area is 210 Å². The van der Waals surface area contributed by atoms with Crippen LogP contribution in [0.5, 0.6) is 0 Å². The maximum atomic E-state index is 11.9. The van der Waals surface area contributed by atoms with Gasteiger partial charge in [-0.15, -0.1) is 0 Å². The Hall–Kier alpha value is -2.73. The van der Waals surface area contributed by atoms with Crippen LogP contribution in [0.3, 0.4) is 0 Å². The molecule has 2 aromatic heterocycles. The monoisotopic (exact) mass is 543 g/mol. The highest BCUT2D eigenvalue weighted by Gasteiger charge is 2.44. The van der Waals surface area contributed by atoms with Crippen LogP contribution in [0.4, 0.5) is 16.8 Å². The number of carbonyl (C=O) groups excluding carboxylic acids is 2. The van der Waals surface area contributed by atoms with E-state index in [4.69, 9.17) is 4.98 Å². The van der Waals surface area contributed by atoms with E-state index in [1.807, 2.05) is 62.3 Å². The fourth-order valence-corrected chi connectivity index (χ4v) is 5.38. The van der Waals surface area contributed by atoms with E-state index in [9.17, 15) is 9.59 Å². The molecule has 1 fully saturated rings. The second-order valence-electron chi connectivity index (χ2n) is 8.45. The SMILES string of the molecule is CN(c1ccccc1)c1ncc(-c2nc(NCCN3CNC(C(=O)C=O)C3(C)C)ncc2Br)s1. The van der Waals surface area contributed by atoms with Crippen molar-refractivity contribution in [3.63, 3.8) is 0 Å². The molecule has 0 radical (unpaired) electrons. The minimum Gasteiger partial charge on any atom is -0.353 e. The summed E-state index contributed by atoms with van der Waals surface area (Å²) in [7, 11) is 1.99. The molecule has 1 saturated heterocycles. The molecule has 0 amide bonds. The normalized spacial score (nSPS) is 17.5. The van der Waals surface area contributed by atoms with E-state index in [0.29, 0.717) is 32.0 Å². The maximum absolute atomic E-state index is 11.9. The van der Waals surface area contributed by atoms with Crippen LogP contribution in [-0.2, 0) is 9.59 Å². The minimum atomic E-state index is -0.505. The van der Waals surface area contributed by atoms with Crippen molar-refractivity contribution in [1.82, 2.24) is 25.2 Å². The summed E-state index contributed by atoms with van der Waals surface area (Å²) in [4.78, 5) is 41.6. The number of thiazole rings is 1. The first-order valence-corrected chi connectivity index (χ1v) is 12.4. The summed E-state index contributed by atoms with van der Waals surface area (Å²) in [6, 6.07) is 9.56. The molecule has 0 spiro atoms. The molecule has 4 rings (SSSR count). The van der Waals surface area contributed by atoms with Gasteiger partial charge in [0, 0.05) is 50.4 Å². The first-order chi connectivity index (χ1) is 16.3. The lowest BCUT2D eigenvalue weighted by atomic mass is 9.92. The highest BCUT2D eigenvalue weighted by molar-refractivity contribution is 9.10. The summed E-state index contributed by atoms with van der Waals surface area (Å²) in [6.07, 6.45) is 3.94. The lowest BCUT2D eigenvalue weighted by Gasteiger charge is -2.33. The van der Waals surface area contributed by atoms with Gasteiger partial charge in [-0.05, 0) is 41.9 Å². The Bertz CT molecular complexity index is 1170. The van der Waals surface area contributed by atoms with E-state index in [1.54, 1.807) is 17.5 Å². The molecule has 0 bridgehead atoms. The van der Waals surface area contributed by atoms with E-state index < -0.39 is 17.4 Å². The molecular weight excluding hydrogens is 518 g/mol. The zero-order chi connectivity index (χ0) is 24.3. The van der Waals surface area contributed by atoms with Gasteiger partial charge in [-0.3, -0.25) is 19.8 Å². The number of nitrogens with zero attached hydrogens (tertiary/aromatic N) is 5. The van der Waals surface area contributed by atoms with Crippen molar-refractivity contribution in [2.75, 3.05) is 37.0 Å². The van der Waals surface area contributed by atoms with Crippen molar-refractivity contribution in [2.45, 2.75) is 25.4 Å². The van der Waals surface area contributed by atoms with E-state index in [2.05, 4.69) is 41.4 Å². The molecule has 1 aromatic carbocycles. The molecule has 34 heavy (non-hydrogen) atoms. The van der Waals surface area contributed by atoms with Crippen LogP contribution in [0.15, 0.2) is 47.2 Å². The van der Waals surface area contributed by atoms with Crippen LogP contribution in [0.1, 0.15) is 13.8 Å². The molecule has 3 heterocycles. The number of benzene rings is 1. The third-order valence-electron chi connectivity index (χ3n) is 5.97. The molecule has 178 valence electrons. The number of aromatic nitrogens is 3. The molecule has 1 aliphatic heterocycles. The minimum absolute atomic E-state index is 0.390. The van der Waals surface area contributed by atoms with Gasteiger partial charge in [-0.2, -0.15) is 0 Å². The second-order valence-corrected chi connectivity index (χ2v) is 10.3. The molecule has 0 aliphatic carbocycles. The largest absolute Gasteiger partial charge is 0.353 e. The average Bonchev–Trinajstić information content (AvgIpc) is 3.44. The predicted molar refractivity (Wildman–Crippen MR) is 137 cm³/mol. The molecule has 9 nitrogen and oxygen atoms in total. The summed E-state index contributed by atoms with van der Waals surface area (Å²) < 4.78 is 0.788. The summed E-state index contributed by atoms with van der Waals surface area (Å²) in [5.74, 6) is 0.0817. The van der Waals surface area contributed by atoms with Gasteiger partial charge in [0.15, 0.2) is 11.4 Å². The first-order valence-electron chi connectivity index (χ1n) is 10.8. The summed E-state index contributed by atoms with van der Waals surface area (Å²) in [5.41, 5.74) is 1.36. The van der Waals surface area contributed by atoms with Gasteiger partial charge < -0.3 is 10.2 Å². The molecule has 11 heteroatoms. The van der Waals surface area contributed by atoms with Crippen LogP contribution < -0.4 is 15.5 Å². The Morgan fingerprint density at radius 2 is 2.09 bits per heavy atom. The zero-order valence-electron chi connectivity index (χ0n) is 19.2. The number of halogens is 1. The summed E-state index contributed by atoms with van der Waals surface area (Å²) in [5, 5.41) is 7.26. The van der Waals surface area contributed by atoms with Gasteiger partial charge in [0.05, 0.1) is 15.4 Å². The van der Waals surface area contributed by atoms with Crippen molar-refractivity contribution >= 4 is 56.1 Å². The molecule has 2 N–H and O–H groups in total. The van der Waals surface area contributed by atoms with Crippen LogP contribution in [0, 0.1) is 0 Å². The van der Waals surface area contributed by atoms with Gasteiger partial charge >= 0.3 is 0 Å². The van der Waals surface area contributed by atoms with Gasteiger partial charge in [0.2, 0.25) is 11.7 Å². The Kier molecular flexibility index (Phi) is 7.36. The number of para-hydroxylation sites is 1. The van der Waals surface area contributed by atoms with E-state index in [0.717, 1.165) is 25.9 Å². The van der Waals surface area contributed by atoms with E-state index in [1.165, 1.54) is 0 Å². The van der Waals surface area contributed by atoms with Crippen LogP contribution in [0.2, 0.25) is 0 Å². The number of aldehydes is 1. The third-order valence-corrected chi connectivity index (χ3v) is 7.64. The Morgan fingerprint density at radius 1 is 1.32 bits per heavy atom. The van der Waals surface area contributed by atoms with Gasteiger partial charge in [0.1, 0.15) is 5.69 Å². The Balaban J connectivity index is 1.42. The zero-order valence-corrected chi connectivity index (χ0v) is 21.6. The topological polar surface area (TPSA) is 103 Å². The average molecular weight is 544 g/mol. The number of hydrogen-bond donors (Lipinski definition) is 2. The fraction of sp³-hybridized carbons (Fsp3) is 0.348. The third kappa shape index (κ3) is 5.02. The first kappa shape index (κ1) is 24.4. The number of Topliss-reactive ketones (excluding diaryl/α,β-unsaturated/α-hetero) is 1. The number of hydrogen-bond acceptors (Lipinski definition) is 10. The van der Waals surface area contributed by atoms with Crippen molar-refractivity contribution < 1.29 is 9.59 Å². The number of carbonyl (C=O) groups is 2.